The van der Waals surface area contributed by atoms with Crippen LogP contribution in [0.3, 0.4) is 0 Å². The number of piperidine rings is 1. The first-order chi connectivity index (χ1) is 12.9. The van der Waals surface area contributed by atoms with Gasteiger partial charge in [0.15, 0.2) is 0 Å². The van der Waals surface area contributed by atoms with E-state index in [9.17, 15) is 9.59 Å². The van der Waals surface area contributed by atoms with Crippen LogP contribution < -0.4 is 0 Å². The third kappa shape index (κ3) is 6.88. The summed E-state index contributed by atoms with van der Waals surface area (Å²) in [7, 11) is 1.88. The van der Waals surface area contributed by atoms with Gasteiger partial charge < -0.3 is 9.80 Å². The fourth-order valence-corrected chi connectivity index (χ4v) is 4.66. The van der Waals surface area contributed by atoms with Gasteiger partial charge in [-0.3, -0.25) is 9.59 Å². The molecule has 150 valence electrons. The molecule has 1 aliphatic heterocycles. The zero-order chi connectivity index (χ0) is 19.8. The Morgan fingerprint density at radius 3 is 2.59 bits per heavy atom. The lowest BCUT2D eigenvalue weighted by Gasteiger charge is -2.33. The van der Waals surface area contributed by atoms with Gasteiger partial charge in [-0.15, -0.1) is 11.8 Å². The number of carbonyl (C=O) groups excluding carboxylic acids is 2. The summed E-state index contributed by atoms with van der Waals surface area (Å²) in [6.07, 6.45) is 3.64. The Hall–Kier alpha value is -0.910. The van der Waals surface area contributed by atoms with E-state index in [1.165, 1.54) is 0 Å². The number of halogens is 2. The molecule has 0 bridgehead atoms. The molecule has 0 saturated carbocycles. The van der Waals surface area contributed by atoms with Crippen molar-refractivity contribution >= 4 is 46.8 Å². The van der Waals surface area contributed by atoms with E-state index in [0.717, 1.165) is 37.8 Å². The number of unbranched alkanes of at least 4 members (excludes halogenated alkanes) is 1. The quantitative estimate of drug-likeness (QED) is 0.598. The second-order valence-electron chi connectivity index (χ2n) is 7.00. The van der Waals surface area contributed by atoms with Crippen LogP contribution >= 0.6 is 35.0 Å². The SMILES string of the molecule is CCCCN(C)C(=O)C1CCN(C(=O)CSCc2ccc(Cl)cc2Cl)CC1. The lowest BCUT2D eigenvalue weighted by atomic mass is 9.95. The highest BCUT2D eigenvalue weighted by molar-refractivity contribution is 7.99. The molecule has 0 aromatic heterocycles. The van der Waals surface area contributed by atoms with Crippen LogP contribution in [0.5, 0.6) is 0 Å². The van der Waals surface area contributed by atoms with Gasteiger partial charge in [-0.1, -0.05) is 42.6 Å². The minimum Gasteiger partial charge on any atom is -0.346 e. The van der Waals surface area contributed by atoms with E-state index in [2.05, 4.69) is 6.92 Å². The highest BCUT2D eigenvalue weighted by Gasteiger charge is 2.28. The maximum absolute atomic E-state index is 12.5. The van der Waals surface area contributed by atoms with Gasteiger partial charge in [0, 0.05) is 48.4 Å². The summed E-state index contributed by atoms with van der Waals surface area (Å²) in [6, 6.07) is 5.43. The Labute approximate surface area is 176 Å². The van der Waals surface area contributed by atoms with Gasteiger partial charge in [-0.2, -0.15) is 0 Å². The first-order valence-electron chi connectivity index (χ1n) is 9.46. The average Bonchev–Trinajstić information content (AvgIpc) is 2.67. The van der Waals surface area contributed by atoms with Crippen molar-refractivity contribution in [1.29, 1.82) is 0 Å². The van der Waals surface area contributed by atoms with Crippen molar-refractivity contribution in [2.45, 2.75) is 38.4 Å². The normalized spacial score (nSPS) is 15.0. The van der Waals surface area contributed by atoms with Gasteiger partial charge in [0.05, 0.1) is 5.75 Å². The highest BCUT2D eigenvalue weighted by atomic mass is 35.5. The number of benzene rings is 1. The van der Waals surface area contributed by atoms with Crippen LogP contribution in [-0.4, -0.2) is 54.0 Å². The summed E-state index contributed by atoms with van der Waals surface area (Å²) >= 11 is 13.6. The zero-order valence-electron chi connectivity index (χ0n) is 16.0. The van der Waals surface area contributed by atoms with Gasteiger partial charge in [0.2, 0.25) is 11.8 Å². The second-order valence-corrected chi connectivity index (χ2v) is 8.83. The first-order valence-corrected chi connectivity index (χ1v) is 11.4. The van der Waals surface area contributed by atoms with E-state index in [1.807, 2.05) is 29.0 Å². The zero-order valence-corrected chi connectivity index (χ0v) is 18.4. The molecule has 0 aliphatic carbocycles. The van der Waals surface area contributed by atoms with Gasteiger partial charge in [-0.05, 0) is 37.0 Å². The smallest absolute Gasteiger partial charge is 0.232 e. The minimum atomic E-state index is 0.0523. The molecule has 0 N–H and O–H groups in total. The largest absolute Gasteiger partial charge is 0.346 e. The lowest BCUT2D eigenvalue weighted by molar-refractivity contribution is -0.138. The molecule has 2 rings (SSSR count). The molecular formula is C20H28Cl2N2O2S. The molecule has 1 heterocycles. The van der Waals surface area contributed by atoms with Crippen LogP contribution in [-0.2, 0) is 15.3 Å². The van der Waals surface area contributed by atoms with E-state index in [-0.39, 0.29) is 17.7 Å². The van der Waals surface area contributed by atoms with Crippen molar-refractivity contribution in [2.24, 2.45) is 5.92 Å². The van der Waals surface area contributed by atoms with Crippen LogP contribution in [0.2, 0.25) is 10.0 Å². The van der Waals surface area contributed by atoms with Gasteiger partial charge in [0.25, 0.3) is 0 Å². The Kier molecular flexibility index (Phi) is 9.27. The molecule has 4 nitrogen and oxygen atoms in total. The van der Waals surface area contributed by atoms with Crippen molar-refractivity contribution in [3.63, 3.8) is 0 Å². The molecule has 1 aliphatic rings. The number of hydrogen-bond acceptors (Lipinski definition) is 3. The predicted molar refractivity (Wildman–Crippen MR) is 114 cm³/mol. The Morgan fingerprint density at radius 2 is 1.96 bits per heavy atom. The topological polar surface area (TPSA) is 40.6 Å². The highest BCUT2D eigenvalue weighted by Crippen LogP contribution is 2.25. The summed E-state index contributed by atoms with van der Waals surface area (Å²) in [5.41, 5.74) is 0.985. The summed E-state index contributed by atoms with van der Waals surface area (Å²) in [5, 5.41) is 1.25. The standard InChI is InChI=1S/C20H28Cl2N2O2S/c1-3-4-9-23(2)20(26)15-7-10-24(11-8-15)19(25)14-27-13-16-5-6-17(21)12-18(16)22/h5-6,12,15H,3-4,7-11,13-14H2,1-2H3. The number of rotatable bonds is 8. The molecule has 0 radical (unpaired) electrons. The van der Waals surface area contributed by atoms with Crippen molar-refractivity contribution in [1.82, 2.24) is 9.80 Å². The van der Waals surface area contributed by atoms with Gasteiger partial charge in [-0.25, -0.2) is 0 Å². The summed E-state index contributed by atoms with van der Waals surface area (Å²) in [4.78, 5) is 28.6. The Bertz CT molecular complexity index is 649. The van der Waals surface area contributed by atoms with E-state index in [0.29, 0.717) is 34.6 Å². The summed E-state index contributed by atoms with van der Waals surface area (Å²) < 4.78 is 0. The molecule has 1 aromatic carbocycles. The fourth-order valence-electron chi connectivity index (χ4n) is 3.17. The van der Waals surface area contributed by atoms with Crippen LogP contribution in [0.1, 0.15) is 38.2 Å². The van der Waals surface area contributed by atoms with Crippen molar-refractivity contribution in [3.05, 3.63) is 33.8 Å². The third-order valence-electron chi connectivity index (χ3n) is 4.92. The molecule has 27 heavy (non-hydrogen) atoms. The van der Waals surface area contributed by atoms with Crippen molar-refractivity contribution in [3.8, 4) is 0 Å². The Balaban J connectivity index is 1.72. The second kappa shape index (κ2) is 11.2. The number of nitrogens with zero attached hydrogens (tertiary/aromatic N) is 2. The predicted octanol–water partition coefficient (Wildman–Crippen LogP) is 4.72. The monoisotopic (exact) mass is 430 g/mol. The number of amides is 2. The van der Waals surface area contributed by atoms with Crippen LogP contribution in [0.25, 0.3) is 0 Å². The van der Waals surface area contributed by atoms with E-state index in [1.54, 1.807) is 17.8 Å². The number of thioether (sulfide) groups is 1. The van der Waals surface area contributed by atoms with Crippen molar-refractivity contribution in [2.75, 3.05) is 32.4 Å². The van der Waals surface area contributed by atoms with Crippen molar-refractivity contribution < 1.29 is 9.59 Å². The van der Waals surface area contributed by atoms with Gasteiger partial charge in [0.1, 0.15) is 0 Å². The van der Waals surface area contributed by atoms with E-state index in [4.69, 9.17) is 23.2 Å². The van der Waals surface area contributed by atoms with E-state index >= 15 is 0 Å². The van der Waals surface area contributed by atoms with E-state index < -0.39 is 0 Å². The molecule has 0 atom stereocenters. The van der Waals surface area contributed by atoms with Crippen LogP contribution in [0, 0.1) is 5.92 Å². The number of hydrogen-bond donors (Lipinski definition) is 0. The molecule has 7 heteroatoms. The van der Waals surface area contributed by atoms with Gasteiger partial charge >= 0.3 is 0 Å². The minimum absolute atomic E-state index is 0.0523. The summed E-state index contributed by atoms with van der Waals surface area (Å²) in [5.74, 6) is 1.52. The van der Waals surface area contributed by atoms with Crippen LogP contribution in [0.15, 0.2) is 18.2 Å². The maximum atomic E-state index is 12.5. The number of likely N-dealkylation sites (tertiary alicyclic amines) is 1. The maximum Gasteiger partial charge on any atom is 0.232 e. The Morgan fingerprint density at radius 1 is 1.26 bits per heavy atom. The molecule has 1 saturated heterocycles. The average molecular weight is 431 g/mol. The lowest BCUT2D eigenvalue weighted by Crippen LogP contribution is -2.44. The third-order valence-corrected chi connectivity index (χ3v) is 6.47. The summed E-state index contributed by atoms with van der Waals surface area (Å²) in [6.45, 7) is 4.28. The number of carbonyl (C=O) groups is 2. The molecule has 0 unspecified atom stereocenters. The molecule has 0 spiro atoms. The fraction of sp³-hybridized carbons (Fsp3) is 0.600. The molecule has 1 aromatic rings. The first kappa shape index (κ1) is 22.4. The molecular weight excluding hydrogens is 403 g/mol. The molecule has 1 fully saturated rings. The molecule has 2 amide bonds. The van der Waals surface area contributed by atoms with Crippen LogP contribution in [0.4, 0.5) is 0 Å².